The highest BCUT2D eigenvalue weighted by molar-refractivity contribution is 7.17. The number of esters is 1. The number of ether oxygens (including phenoxy) is 2. The van der Waals surface area contributed by atoms with Gasteiger partial charge in [0, 0.05) is 16.5 Å². The van der Waals surface area contributed by atoms with Gasteiger partial charge in [-0.05, 0) is 50.3 Å². The third kappa shape index (κ3) is 4.39. The Balaban J connectivity index is 1.82. The highest BCUT2D eigenvalue weighted by atomic mass is 32.1. The monoisotopic (exact) mass is 385 g/mol. The van der Waals surface area contributed by atoms with Crippen molar-refractivity contribution in [2.45, 2.75) is 32.6 Å². The van der Waals surface area contributed by atoms with Crippen LogP contribution in [0.3, 0.4) is 0 Å². The third-order valence-corrected chi connectivity index (χ3v) is 5.65. The molecule has 142 valence electrons. The SMILES string of the molecule is CCOC(=O)c1c(NC(=O)C=Cc2ccccc2OC)sc2c1CCCC2. The summed E-state index contributed by atoms with van der Waals surface area (Å²) in [5.74, 6) is 0.0475. The Kier molecular flexibility index (Phi) is 6.29. The summed E-state index contributed by atoms with van der Waals surface area (Å²) in [5, 5.41) is 3.44. The van der Waals surface area contributed by atoms with E-state index in [0.717, 1.165) is 36.8 Å². The molecule has 0 spiro atoms. The summed E-state index contributed by atoms with van der Waals surface area (Å²) >= 11 is 1.48. The molecule has 3 rings (SSSR count). The number of aryl methyl sites for hydroxylation is 1. The van der Waals surface area contributed by atoms with E-state index in [2.05, 4.69) is 5.32 Å². The number of anilines is 1. The predicted molar refractivity (Wildman–Crippen MR) is 108 cm³/mol. The van der Waals surface area contributed by atoms with Crippen molar-refractivity contribution in [1.82, 2.24) is 0 Å². The van der Waals surface area contributed by atoms with Crippen molar-refractivity contribution in [1.29, 1.82) is 0 Å². The fourth-order valence-electron chi connectivity index (χ4n) is 3.20. The number of carbonyl (C=O) groups excluding carboxylic acids is 2. The largest absolute Gasteiger partial charge is 0.496 e. The quantitative estimate of drug-likeness (QED) is 0.589. The van der Waals surface area contributed by atoms with Crippen LogP contribution < -0.4 is 10.1 Å². The second-order valence-corrected chi connectivity index (χ2v) is 7.31. The lowest BCUT2D eigenvalue weighted by Gasteiger charge is -2.12. The lowest BCUT2D eigenvalue weighted by Crippen LogP contribution is -2.14. The first kappa shape index (κ1) is 19.2. The zero-order chi connectivity index (χ0) is 19.2. The number of amides is 1. The molecular formula is C21H23NO4S. The minimum absolute atomic E-state index is 0.287. The van der Waals surface area contributed by atoms with E-state index in [0.29, 0.717) is 22.9 Å². The Labute approximate surface area is 163 Å². The Bertz CT molecular complexity index is 869. The van der Waals surface area contributed by atoms with Crippen LogP contribution >= 0.6 is 11.3 Å². The van der Waals surface area contributed by atoms with Crippen LogP contribution in [0.5, 0.6) is 5.75 Å². The Morgan fingerprint density at radius 3 is 2.78 bits per heavy atom. The summed E-state index contributed by atoms with van der Waals surface area (Å²) in [6.07, 6.45) is 7.11. The molecule has 0 radical (unpaired) electrons. The van der Waals surface area contributed by atoms with Crippen molar-refractivity contribution >= 4 is 34.3 Å². The zero-order valence-corrected chi connectivity index (χ0v) is 16.4. The van der Waals surface area contributed by atoms with Gasteiger partial charge >= 0.3 is 5.97 Å². The zero-order valence-electron chi connectivity index (χ0n) is 15.5. The molecule has 1 heterocycles. The number of methoxy groups -OCH3 is 1. The number of fused-ring (bicyclic) bond motifs is 1. The summed E-state index contributed by atoms with van der Waals surface area (Å²) in [4.78, 5) is 26.1. The average molecular weight is 385 g/mol. The number of hydrogen-bond donors (Lipinski definition) is 1. The number of hydrogen-bond acceptors (Lipinski definition) is 5. The van der Waals surface area contributed by atoms with E-state index in [-0.39, 0.29) is 11.9 Å². The fourth-order valence-corrected chi connectivity index (χ4v) is 4.48. The minimum Gasteiger partial charge on any atom is -0.496 e. The maximum absolute atomic E-state index is 12.4. The van der Waals surface area contributed by atoms with E-state index >= 15 is 0 Å². The second-order valence-electron chi connectivity index (χ2n) is 6.20. The average Bonchev–Trinajstić information content (AvgIpc) is 3.04. The molecule has 1 aromatic carbocycles. The number of carbonyl (C=O) groups is 2. The predicted octanol–water partition coefficient (Wildman–Crippen LogP) is 4.46. The topological polar surface area (TPSA) is 64.6 Å². The molecule has 0 bridgehead atoms. The molecular weight excluding hydrogens is 362 g/mol. The van der Waals surface area contributed by atoms with Gasteiger partial charge in [0.25, 0.3) is 0 Å². The second kappa shape index (κ2) is 8.86. The first-order chi connectivity index (χ1) is 13.1. The molecule has 1 amide bonds. The lowest BCUT2D eigenvalue weighted by atomic mass is 9.95. The Morgan fingerprint density at radius 1 is 1.22 bits per heavy atom. The Hall–Kier alpha value is -2.60. The van der Waals surface area contributed by atoms with Gasteiger partial charge in [0.2, 0.25) is 5.91 Å². The maximum atomic E-state index is 12.4. The van der Waals surface area contributed by atoms with E-state index in [4.69, 9.17) is 9.47 Å². The van der Waals surface area contributed by atoms with Gasteiger partial charge < -0.3 is 14.8 Å². The number of rotatable bonds is 6. The summed E-state index contributed by atoms with van der Waals surface area (Å²) in [7, 11) is 1.59. The van der Waals surface area contributed by atoms with Crippen LogP contribution in [0.4, 0.5) is 5.00 Å². The van der Waals surface area contributed by atoms with Gasteiger partial charge in [-0.15, -0.1) is 11.3 Å². The molecule has 6 heteroatoms. The summed E-state index contributed by atoms with van der Waals surface area (Å²) in [6, 6.07) is 7.46. The number of thiophene rings is 1. The maximum Gasteiger partial charge on any atom is 0.341 e. The number of nitrogens with one attached hydrogen (secondary N) is 1. The molecule has 0 saturated carbocycles. The molecule has 0 unspecified atom stereocenters. The molecule has 0 atom stereocenters. The summed E-state index contributed by atoms with van der Waals surface area (Å²) in [5.41, 5.74) is 2.37. The van der Waals surface area contributed by atoms with Crippen LogP contribution in [-0.4, -0.2) is 25.6 Å². The van der Waals surface area contributed by atoms with Crippen LogP contribution in [0.1, 0.15) is 46.1 Å². The molecule has 0 fully saturated rings. The van der Waals surface area contributed by atoms with Crippen molar-refractivity contribution < 1.29 is 19.1 Å². The van der Waals surface area contributed by atoms with Crippen molar-refractivity contribution in [2.24, 2.45) is 0 Å². The molecule has 2 aromatic rings. The van der Waals surface area contributed by atoms with Crippen LogP contribution in [0, 0.1) is 0 Å². The van der Waals surface area contributed by atoms with Gasteiger partial charge in [-0.1, -0.05) is 18.2 Å². The van der Waals surface area contributed by atoms with Crippen LogP contribution in [0.25, 0.3) is 6.08 Å². The van der Waals surface area contributed by atoms with E-state index < -0.39 is 0 Å². The van der Waals surface area contributed by atoms with Gasteiger partial charge in [-0.25, -0.2) is 4.79 Å². The highest BCUT2D eigenvalue weighted by Crippen LogP contribution is 2.38. The molecule has 1 aliphatic carbocycles. The van der Waals surface area contributed by atoms with E-state index in [9.17, 15) is 9.59 Å². The first-order valence-corrected chi connectivity index (χ1v) is 9.89. The third-order valence-electron chi connectivity index (χ3n) is 4.44. The molecule has 1 aromatic heterocycles. The normalized spacial score (nSPS) is 13.3. The molecule has 1 N–H and O–H groups in total. The van der Waals surface area contributed by atoms with Gasteiger partial charge in [0.1, 0.15) is 10.8 Å². The smallest absolute Gasteiger partial charge is 0.341 e. The van der Waals surface area contributed by atoms with Crippen molar-refractivity contribution in [3.8, 4) is 5.75 Å². The fraction of sp³-hybridized carbons (Fsp3) is 0.333. The van der Waals surface area contributed by atoms with E-state index in [1.807, 2.05) is 24.3 Å². The van der Waals surface area contributed by atoms with Gasteiger partial charge in [-0.3, -0.25) is 4.79 Å². The van der Waals surface area contributed by atoms with Gasteiger partial charge in [0.05, 0.1) is 19.3 Å². The van der Waals surface area contributed by atoms with Crippen LogP contribution in [0.15, 0.2) is 30.3 Å². The molecule has 5 nitrogen and oxygen atoms in total. The van der Waals surface area contributed by atoms with Crippen LogP contribution in [0.2, 0.25) is 0 Å². The number of para-hydroxylation sites is 1. The van der Waals surface area contributed by atoms with Gasteiger partial charge in [-0.2, -0.15) is 0 Å². The summed E-state index contributed by atoms with van der Waals surface area (Å²) < 4.78 is 10.5. The molecule has 1 aliphatic rings. The van der Waals surface area contributed by atoms with Crippen LogP contribution in [-0.2, 0) is 22.4 Å². The standard InChI is InChI=1S/C21H23NO4S/c1-3-26-21(24)19-15-9-5-7-11-17(15)27-20(19)22-18(23)13-12-14-8-4-6-10-16(14)25-2/h4,6,8,10,12-13H,3,5,7,9,11H2,1-2H3,(H,22,23). The molecule has 0 aliphatic heterocycles. The first-order valence-electron chi connectivity index (χ1n) is 9.07. The lowest BCUT2D eigenvalue weighted by molar-refractivity contribution is -0.111. The van der Waals surface area contributed by atoms with Gasteiger partial charge in [0.15, 0.2) is 0 Å². The summed E-state index contributed by atoms with van der Waals surface area (Å²) in [6.45, 7) is 2.09. The number of benzene rings is 1. The minimum atomic E-state index is -0.360. The molecule has 27 heavy (non-hydrogen) atoms. The van der Waals surface area contributed by atoms with Crippen molar-refractivity contribution in [3.05, 3.63) is 51.9 Å². The van der Waals surface area contributed by atoms with Crippen molar-refractivity contribution in [3.63, 3.8) is 0 Å². The Morgan fingerprint density at radius 2 is 2.00 bits per heavy atom. The highest BCUT2D eigenvalue weighted by Gasteiger charge is 2.26. The van der Waals surface area contributed by atoms with Crippen molar-refractivity contribution in [2.75, 3.05) is 19.0 Å². The van der Waals surface area contributed by atoms with E-state index in [1.54, 1.807) is 20.1 Å². The van der Waals surface area contributed by atoms with E-state index in [1.165, 1.54) is 22.3 Å². The molecule has 0 saturated heterocycles.